The summed E-state index contributed by atoms with van der Waals surface area (Å²) in [6.45, 7) is 0.0170. The van der Waals surface area contributed by atoms with Crippen LogP contribution in [0.4, 0.5) is 13.2 Å². The zero-order chi connectivity index (χ0) is 7.28. The number of nitrogens with two attached hydrogens (primary N) is 1. The van der Waals surface area contributed by atoms with E-state index in [2.05, 4.69) is 0 Å². The van der Waals surface area contributed by atoms with Crippen molar-refractivity contribution >= 4 is 0 Å². The SMILES string of the molecule is NNCCC(F)=C(F)F. The molecule has 0 unspecified atom stereocenters. The standard InChI is InChI=1S/C4H7F3N2/c5-3(4(6)7)1-2-9-8/h9H,1-2,8H2. The number of hydrazine groups is 1. The highest BCUT2D eigenvalue weighted by atomic mass is 19.3. The largest absolute Gasteiger partial charge is 0.301 e. The van der Waals surface area contributed by atoms with Gasteiger partial charge in [0, 0.05) is 13.0 Å². The second-order valence-corrected chi connectivity index (χ2v) is 1.37. The van der Waals surface area contributed by atoms with Gasteiger partial charge in [-0.25, -0.2) is 4.39 Å². The van der Waals surface area contributed by atoms with Crippen molar-refractivity contribution in [2.45, 2.75) is 6.42 Å². The molecule has 0 rings (SSSR count). The van der Waals surface area contributed by atoms with Crippen LogP contribution in [0.15, 0.2) is 11.9 Å². The first-order valence-corrected chi connectivity index (χ1v) is 2.31. The molecular weight excluding hydrogens is 133 g/mol. The van der Waals surface area contributed by atoms with E-state index in [9.17, 15) is 13.2 Å². The van der Waals surface area contributed by atoms with E-state index in [0.29, 0.717) is 0 Å². The fourth-order valence-corrected chi connectivity index (χ4v) is 0.276. The van der Waals surface area contributed by atoms with Crippen molar-refractivity contribution in [3.05, 3.63) is 11.9 Å². The molecule has 3 N–H and O–H groups in total. The summed E-state index contributed by atoms with van der Waals surface area (Å²) in [5.74, 6) is 3.28. The van der Waals surface area contributed by atoms with E-state index in [1.165, 1.54) is 0 Å². The normalized spacial score (nSPS) is 9.33. The number of hydrogen-bond donors (Lipinski definition) is 2. The predicted molar refractivity (Wildman–Crippen MR) is 27.2 cm³/mol. The Labute approximate surface area is 50.5 Å². The van der Waals surface area contributed by atoms with E-state index >= 15 is 0 Å². The van der Waals surface area contributed by atoms with E-state index in [4.69, 9.17) is 5.84 Å². The van der Waals surface area contributed by atoms with Crippen LogP contribution in [-0.2, 0) is 0 Å². The molecule has 0 aliphatic carbocycles. The van der Waals surface area contributed by atoms with Crippen molar-refractivity contribution in [2.24, 2.45) is 5.84 Å². The molecule has 5 heteroatoms. The summed E-state index contributed by atoms with van der Waals surface area (Å²) >= 11 is 0. The molecule has 0 aromatic rings. The Morgan fingerprint density at radius 3 is 2.22 bits per heavy atom. The summed E-state index contributed by atoms with van der Waals surface area (Å²) in [6.07, 6.45) is -2.64. The van der Waals surface area contributed by atoms with E-state index in [1.807, 2.05) is 5.43 Å². The lowest BCUT2D eigenvalue weighted by molar-refractivity contribution is 0.369. The maximum atomic E-state index is 11.7. The molecule has 0 saturated heterocycles. The average molecular weight is 140 g/mol. The molecular formula is C4H7F3N2. The van der Waals surface area contributed by atoms with Gasteiger partial charge in [0.25, 0.3) is 0 Å². The van der Waals surface area contributed by atoms with Gasteiger partial charge in [-0.2, -0.15) is 8.78 Å². The molecule has 0 amide bonds. The summed E-state index contributed by atoms with van der Waals surface area (Å²) in [5, 5.41) is 0. The molecule has 0 atom stereocenters. The maximum absolute atomic E-state index is 11.7. The molecule has 9 heavy (non-hydrogen) atoms. The minimum absolute atomic E-state index is 0.0170. The molecule has 2 nitrogen and oxygen atoms in total. The fourth-order valence-electron chi connectivity index (χ4n) is 0.276. The Morgan fingerprint density at radius 1 is 1.33 bits per heavy atom. The summed E-state index contributed by atoms with van der Waals surface area (Å²) in [6, 6.07) is 0. The van der Waals surface area contributed by atoms with Crippen LogP contribution in [0, 0.1) is 0 Å². The minimum atomic E-state index is -2.27. The smallest absolute Gasteiger partial charge is 0.271 e. The average Bonchev–Trinajstić information content (AvgIpc) is 1.82. The Kier molecular flexibility index (Phi) is 4.08. The quantitative estimate of drug-likeness (QED) is 0.451. The van der Waals surface area contributed by atoms with Gasteiger partial charge in [-0.1, -0.05) is 0 Å². The third kappa shape index (κ3) is 3.99. The Bertz CT molecular complexity index is 108. The van der Waals surface area contributed by atoms with Gasteiger partial charge in [-0.15, -0.1) is 0 Å². The van der Waals surface area contributed by atoms with Crippen LogP contribution in [-0.4, -0.2) is 6.54 Å². The summed E-state index contributed by atoms with van der Waals surface area (Å²) < 4.78 is 34.1. The number of hydrogen-bond acceptors (Lipinski definition) is 2. The number of halogens is 3. The first kappa shape index (κ1) is 8.45. The van der Waals surface area contributed by atoms with Crippen molar-refractivity contribution in [3.8, 4) is 0 Å². The van der Waals surface area contributed by atoms with Gasteiger partial charge >= 0.3 is 6.08 Å². The summed E-state index contributed by atoms with van der Waals surface area (Å²) in [4.78, 5) is 0. The van der Waals surface area contributed by atoms with Crippen LogP contribution in [0.3, 0.4) is 0 Å². The van der Waals surface area contributed by atoms with Crippen LogP contribution >= 0.6 is 0 Å². The predicted octanol–water partition coefficient (Wildman–Crippen LogP) is 0.917. The van der Waals surface area contributed by atoms with Gasteiger partial charge in [0.15, 0.2) is 5.83 Å². The molecule has 0 radical (unpaired) electrons. The highest BCUT2D eigenvalue weighted by Gasteiger charge is 2.02. The van der Waals surface area contributed by atoms with Crippen molar-refractivity contribution in [2.75, 3.05) is 6.54 Å². The molecule has 0 aromatic carbocycles. The molecule has 0 aliphatic heterocycles. The highest BCUT2D eigenvalue weighted by Crippen LogP contribution is 2.11. The van der Waals surface area contributed by atoms with Gasteiger partial charge in [-0.05, 0) is 0 Å². The molecule has 0 spiro atoms. The monoisotopic (exact) mass is 140 g/mol. The van der Waals surface area contributed by atoms with Gasteiger partial charge in [0.1, 0.15) is 0 Å². The maximum Gasteiger partial charge on any atom is 0.301 e. The minimum Gasteiger partial charge on any atom is -0.271 e. The van der Waals surface area contributed by atoms with Crippen molar-refractivity contribution < 1.29 is 13.2 Å². The Hall–Kier alpha value is -0.550. The Morgan fingerprint density at radius 2 is 1.89 bits per heavy atom. The third-order valence-electron chi connectivity index (χ3n) is 0.694. The fraction of sp³-hybridized carbons (Fsp3) is 0.500. The van der Waals surface area contributed by atoms with Crippen LogP contribution in [0.5, 0.6) is 0 Å². The van der Waals surface area contributed by atoms with Gasteiger partial charge in [0.05, 0.1) is 0 Å². The van der Waals surface area contributed by atoms with Crippen LogP contribution in [0.2, 0.25) is 0 Å². The zero-order valence-corrected chi connectivity index (χ0v) is 4.63. The van der Waals surface area contributed by atoms with E-state index in [-0.39, 0.29) is 13.0 Å². The topological polar surface area (TPSA) is 38.0 Å². The number of nitrogens with one attached hydrogen (secondary N) is 1. The molecule has 54 valence electrons. The van der Waals surface area contributed by atoms with E-state index in [0.717, 1.165) is 0 Å². The summed E-state index contributed by atoms with van der Waals surface area (Å²) in [7, 11) is 0. The van der Waals surface area contributed by atoms with Crippen molar-refractivity contribution in [3.63, 3.8) is 0 Å². The first-order chi connectivity index (χ1) is 4.18. The lowest BCUT2D eigenvalue weighted by Crippen LogP contribution is -2.22. The van der Waals surface area contributed by atoms with Crippen molar-refractivity contribution in [1.82, 2.24) is 5.43 Å². The molecule has 0 aliphatic rings. The lowest BCUT2D eigenvalue weighted by atomic mass is 10.4. The summed E-state index contributed by atoms with van der Waals surface area (Å²) in [5.41, 5.74) is 2.05. The zero-order valence-electron chi connectivity index (χ0n) is 4.63. The molecule has 0 saturated carbocycles. The first-order valence-electron chi connectivity index (χ1n) is 2.31. The Balaban J connectivity index is 3.50. The second kappa shape index (κ2) is 4.34. The van der Waals surface area contributed by atoms with E-state index < -0.39 is 11.9 Å². The van der Waals surface area contributed by atoms with E-state index in [1.54, 1.807) is 0 Å². The van der Waals surface area contributed by atoms with Gasteiger partial charge in [-0.3, -0.25) is 11.3 Å². The third-order valence-corrected chi connectivity index (χ3v) is 0.694. The second-order valence-electron chi connectivity index (χ2n) is 1.37. The molecule has 0 bridgehead atoms. The molecule has 0 heterocycles. The highest BCUT2D eigenvalue weighted by molar-refractivity contribution is 4.91. The van der Waals surface area contributed by atoms with Gasteiger partial charge in [0.2, 0.25) is 0 Å². The lowest BCUT2D eigenvalue weighted by Gasteiger charge is -1.93. The molecule has 0 fully saturated rings. The van der Waals surface area contributed by atoms with Crippen molar-refractivity contribution in [1.29, 1.82) is 0 Å². The van der Waals surface area contributed by atoms with Crippen LogP contribution in [0.1, 0.15) is 6.42 Å². The van der Waals surface area contributed by atoms with Gasteiger partial charge < -0.3 is 0 Å². The number of rotatable bonds is 3. The molecule has 0 aromatic heterocycles. The van der Waals surface area contributed by atoms with Crippen LogP contribution in [0.25, 0.3) is 0 Å². The van der Waals surface area contributed by atoms with Crippen LogP contribution < -0.4 is 11.3 Å².